The van der Waals surface area contributed by atoms with Crippen LogP contribution in [0.25, 0.3) is 21.8 Å². The molecule has 168 valence electrons. The topological polar surface area (TPSA) is 109 Å². The average molecular weight is 461 g/mol. The van der Waals surface area contributed by atoms with Crippen molar-refractivity contribution >= 4 is 54.7 Å². The summed E-state index contributed by atoms with van der Waals surface area (Å²) in [5, 5.41) is 2.04. The third kappa shape index (κ3) is 5.63. The van der Waals surface area contributed by atoms with Crippen LogP contribution in [0.4, 0.5) is 0 Å². The number of aromatic amines is 2. The number of H-pyrrole nitrogens is 2. The van der Waals surface area contributed by atoms with Gasteiger partial charge in [-0.2, -0.15) is 0 Å². The molecule has 0 fully saturated rings. The quantitative estimate of drug-likeness (QED) is 0.306. The molecule has 2 N–H and O–H groups in total. The molecule has 0 aliphatic carbocycles. The number of aliphatic imine (C=N–C) groups is 2. The molecule has 2 aromatic carbocycles. The van der Waals surface area contributed by atoms with Crippen LogP contribution in [0.1, 0.15) is 11.1 Å². The third-order valence-corrected chi connectivity index (χ3v) is 6.30. The molecule has 0 spiro atoms. The smallest absolute Gasteiger partial charge is 0.457 e. The van der Waals surface area contributed by atoms with Crippen molar-refractivity contribution in [3.63, 3.8) is 0 Å². The minimum absolute atomic E-state index is 0.161. The second-order valence-corrected chi connectivity index (χ2v) is 11.1. The van der Waals surface area contributed by atoms with Crippen molar-refractivity contribution in [1.29, 1.82) is 0 Å². The summed E-state index contributed by atoms with van der Waals surface area (Å²) in [7, 11) is -3.01. The standard InChI is InChI=1S/C24H24N4O4Si/c1-33(2,31-23(29)15-25-11-17-13-27-21-9-5-3-7-19(17)21)32-24(30)16-26-12-18-14-28-22-10-6-4-8-20(18)22/h3-14,27-28H,15-16H2,1-2H3. The van der Waals surface area contributed by atoms with E-state index in [2.05, 4.69) is 20.0 Å². The van der Waals surface area contributed by atoms with E-state index in [1.54, 1.807) is 25.5 Å². The SMILES string of the molecule is C[Si](C)(OC(=O)CN=Cc1c[nH]c2ccccc12)OC(=O)CN=Cc1c[nH]c2ccccc12. The molecule has 0 unspecified atom stereocenters. The fourth-order valence-electron chi connectivity index (χ4n) is 3.47. The first-order valence-electron chi connectivity index (χ1n) is 10.5. The highest BCUT2D eigenvalue weighted by atomic mass is 28.4. The first-order valence-corrected chi connectivity index (χ1v) is 13.3. The lowest BCUT2D eigenvalue weighted by molar-refractivity contribution is -0.139. The number of hydrogen-bond acceptors (Lipinski definition) is 6. The van der Waals surface area contributed by atoms with E-state index >= 15 is 0 Å². The highest BCUT2D eigenvalue weighted by molar-refractivity contribution is 6.67. The Morgan fingerprint density at radius 3 is 1.67 bits per heavy atom. The van der Waals surface area contributed by atoms with Gasteiger partial charge in [-0.25, -0.2) is 0 Å². The number of hydrogen-bond donors (Lipinski definition) is 2. The molecule has 2 aromatic heterocycles. The maximum atomic E-state index is 12.2. The van der Waals surface area contributed by atoms with Gasteiger partial charge in [0, 0.05) is 70.8 Å². The van der Waals surface area contributed by atoms with Gasteiger partial charge in [0.25, 0.3) is 0 Å². The Hall–Kier alpha value is -3.98. The summed E-state index contributed by atoms with van der Waals surface area (Å²) < 4.78 is 10.8. The van der Waals surface area contributed by atoms with E-state index in [-0.39, 0.29) is 13.1 Å². The number of para-hydroxylation sites is 2. The van der Waals surface area contributed by atoms with Crippen molar-refractivity contribution in [3.05, 3.63) is 72.1 Å². The molecule has 0 radical (unpaired) electrons. The molecular weight excluding hydrogens is 436 g/mol. The van der Waals surface area contributed by atoms with Gasteiger partial charge in [-0.15, -0.1) is 0 Å². The van der Waals surface area contributed by atoms with Crippen molar-refractivity contribution in [2.24, 2.45) is 9.98 Å². The summed E-state index contributed by atoms with van der Waals surface area (Å²) in [6.45, 7) is 2.95. The van der Waals surface area contributed by atoms with Gasteiger partial charge in [0.1, 0.15) is 13.1 Å². The van der Waals surface area contributed by atoms with Gasteiger partial charge in [-0.1, -0.05) is 36.4 Å². The van der Waals surface area contributed by atoms with Gasteiger partial charge in [0.15, 0.2) is 0 Å². The fourth-order valence-corrected chi connectivity index (χ4v) is 4.74. The van der Waals surface area contributed by atoms with Crippen molar-refractivity contribution < 1.29 is 18.4 Å². The van der Waals surface area contributed by atoms with Gasteiger partial charge in [-0.05, 0) is 12.1 Å². The summed E-state index contributed by atoms with van der Waals surface area (Å²) in [4.78, 5) is 39.0. The number of benzene rings is 2. The zero-order valence-corrected chi connectivity index (χ0v) is 19.4. The minimum Gasteiger partial charge on any atom is -0.484 e. The first kappa shape index (κ1) is 22.2. The molecule has 4 aromatic rings. The summed E-state index contributed by atoms with van der Waals surface area (Å²) >= 11 is 0. The Kier molecular flexibility index (Phi) is 6.50. The van der Waals surface area contributed by atoms with Crippen LogP contribution in [0.2, 0.25) is 13.1 Å². The molecule has 0 atom stereocenters. The van der Waals surface area contributed by atoms with E-state index in [1.807, 2.05) is 60.9 Å². The maximum Gasteiger partial charge on any atom is 0.457 e. The number of carbonyl (C=O) groups excluding carboxylic acids is 2. The largest absolute Gasteiger partial charge is 0.484 e. The fraction of sp³-hybridized carbons (Fsp3) is 0.167. The molecule has 0 bridgehead atoms. The van der Waals surface area contributed by atoms with Crippen LogP contribution in [0.3, 0.4) is 0 Å². The third-order valence-electron chi connectivity index (χ3n) is 4.86. The zero-order chi connectivity index (χ0) is 23.3. The summed E-state index contributed by atoms with van der Waals surface area (Å²) in [5.41, 5.74) is 3.76. The lowest BCUT2D eigenvalue weighted by Gasteiger charge is -2.21. The second kappa shape index (κ2) is 9.66. The van der Waals surface area contributed by atoms with E-state index in [9.17, 15) is 9.59 Å². The van der Waals surface area contributed by atoms with Crippen molar-refractivity contribution in [1.82, 2.24) is 9.97 Å². The summed E-state index contributed by atoms with van der Waals surface area (Å²) in [6, 6.07) is 15.6. The number of rotatable bonds is 8. The molecule has 33 heavy (non-hydrogen) atoms. The van der Waals surface area contributed by atoms with Gasteiger partial charge < -0.3 is 18.8 Å². The predicted octanol–water partition coefficient (Wildman–Crippen LogP) is 3.98. The molecule has 0 saturated heterocycles. The van der Waals surface area contributed by atoms with Crippen LogP contribution >= 0.6 is 0 Å². The monoisotopic (exact) mass is 460 g/mol. The number of fused-ring (bicyclic) bond motifs is 2. The maximum absolute atomic E-state index is 12.2. The Morgan fingerprint density at radius 1 is 0.788 bits per heavy atom. The number of aromatic nitrogens is 2. The highest BCUT2D eigenvalue weighted by Crippen LogP contribution is 2.17. The number of nitrogens with zero attached hydrogens (tertiary/aromatic N) is 2. The molecule has 0 saturated carbocycles. The molecule has 2 heterocycles. The van der Waals surface area contributed by atoms with Gasteiger partial charge in [0.05, 0.1) is 0 Å². The average Bonchev–Trinajstić information content (AvgIpc) is 3.37. The van der Waals surface area contributed by atoms with Crippen LogP contribution in [0.15, 0.2) is 70.9 Å². The molecular formula is C24H24N4O4Si. The van der Waals surface area contributed by atoms with Gasteiger partial charge in [-0.3, -0.25) is 19.6 Å². The molecule has 0 aliphatic heterocycles. The van der Waals surface area contributed by atoms with Gasteiger partial charge >= 0.3 is 20.5 Å². The Bertz CT molecular complexity index is 1250. The Labute approximate surface area is 191 Å². The highest BCUT2D eigenvalue weighted by Gasteiger charge is 2.33. The van der Waals surface area contributed by atoms with Crippen LogP contribution in [-0.2, 0) is 18.4 Å². The number of nitrogens with one attached hydrogen (secondary N) is 2. The molecule has 0 amide bonds. The predicted molar refractivity (Wildman–Crippen MR) is 131 cm³/mol. The van der Waals surface area contributed by atoms with E-state index < -0.39 is 20.5 Å². The van der Waals surface area contributed by atoms with Crippen LogP contribution < -0.4 is 0 Å². The van der Waals surface area contributed by atoms with Gasteiger partial charge in [0.2, 0.25) is 0 Å². The minimum atomic E-state index is -3.01. The van der Waals surface area contributed by atoms with Crippen LogP contribution in [-0.4, -0.2) is 56.0 Å². The Balaban J connectivity index is 1.26. The second-order valence-electron chi connectivity index (χ2n) is 7.87. The molecule has 4 rings (SSSR count). The van der Waals surface area contributed by atoms with E-state index in [0.29, 0.717) is 0 Å². The van der Waals surface area contributed by atoms with Crippen molar-refractivity contribution in [3.8, 4) is 0 Å². The zero-order valence-electron chi connectivity index (χ0n) is 18.4. The lowest BCUT2D eigenvalue weighted by Crippen LogP contribution is -2.40. The van der Waals surface area contributed by atoms with Crippen molar-refractivity contribution in [2.45, 2.75) is 13.1 Å². The molecule has 9 heteroatoms. The first-order chi connectivity index (χ1) is 15.9. The summed E-state index contributed by atoms with van der Waals surface area (Å²) in [5.74, 6) is -1.09. The Morgan fingerprint density at radius 2 is 1.21 bits per heavy atom. The van der Waals surface area contributed by atoms with Crippen LogP contribution in [0.5, 0.6) is 0 Å². The summed E-state index contributed by atoms with van der Waals surface area (Å²) in [6.07, 6.45) is 6.91. The number of carbonyl (C=O) groups is 2. The van der Waals surface area contributed by atoms with Crippen molar-refractivity contribution in [2.75, 3.05) is 13.1 Å². The lowest BCUT2D eigenvalue weighted by atomic mass is 10.2. The van der Waals surface area contributed by atoms with E-state index in [4.69, 9.17) is 8.85 Å². The van der Waals surface area contributed by atoms with E-state index in [0.717, 1.165) is 32.9 Å². The van der Waals surface area contributed by atoms with Crippen LogP contribution in [0, 0.1) is 0 Å². The van der Waals surface area contributed by atoms with E-state index in [1.165, 1.54) is 0 Å². The normalized spacial score (nSPS) is 12.2. The molecule has 8 nitrogen and oxygen atoms in total. The molecule has 0 aliphatic rings.